The van der Waals surface area contributed by atoms with Crippen LogP contribution in [-0.2, 0) is 9.53 Å². The minimum absolute atomic E-state index is 0.00964. The van der Waals surface area contributed by atoms with Gasteiger partial charge in [0.25, 0.3) is 0 Å². The molecule has 1 N–H and O–H groups in total. The van der Waals surface area contributed by atoms with Crippen molar-refractivity contribution in [1.29, 1.82) is 0 Å². The quantitative estimate of drug-likeness (QED) is 0.239. The van der Waals surface area contributed by atoms with Gasteiger partial charge in [0.1, 0.15) is 25.9 Å². The molecule has 0 saturated carbocycles. The molecule has 0 aromatic heterocycles. The Hall–Kier alpha value is -2.16. The van der Waals surface area contributed by atoms with Gasteiger partial charge in [0.15, 0.2) is 5.57 Å². The smallest absolute Gasteiger partial charge is 0.420 e. The van der Waals surface area contributed by atoms with E-state index in [4.69, 9.17) is 4.74 Å². The van der Waals surface area contributed by atoms with E-state index in [9.17, 15) is 18.9 Å². The van der Waals surface area contributed by atoms with Crippen molar-refractivity contribution in [1.82, 2.24) is 15.2 Å². The number of likely N-dealkylation sites (N-methyl/N-ethyl adjacent to an activating group) is 1. The molecule has 0 unspecified atom stereocenters. The SMILES string of the molecule is CN1C[CH+]C=C(C(=O)OCCNC(=O)N(CCF)N=O)C1. The average molecular weight is 301 g/mol. The summed E-state index contributed by atoms with van der Waals surface area (Å²) in [6.07, 6.45) is 3.56. The van der Waals surface area contributed by atoms with Gasteiger partial charge in [0.05, 0.1) is 31.3 Å². The molecule has 0 saturated heterocycles. The van der Waals surface area contributed by atoms with E-state index in [1.165, 1.54) is 0 Å². The summed E-state index contributed by atoms with van der Waals surface area (Å²) in [6.45, 7) is -0.0445. The molecular formula is C12H18FN4O4+. The largest absolute Gasteiger partial charge is 0.445 e. The predicted octanol–water partition coefficient (Wildman–Crippen LogP) is 0.268. The van der Waals surface area contributed by atoms with Crippen LogP contribution in [0.15, 0.2) is 16.9 Å². The second kappa shape index (κ2) is 8.90. The fourth-order valence-corrected chi connectivity index (χ4v) is 1.66. The highest BCUT2D eigenvalue weighted by Crippen LogP contribution is 2.08. The molecule has 9 heteroatoms. The van der Waals surface area contributed by atoms with Gasteiger partial charge in [-0.1, -0.05) is 0 Å². The van der Waals surface area contributed by atoms with Gasteiger partial charge < -0.3 is 10.1 Å². The van der Waals surface area contributed by atoms with E-state index < -0.39 is 25.2 Å². The van der Waals surface area contributed by atoms with E-state index in [1.54, 1.807) is 6.08 Å². The fraction of sp³-hybridized carbons (Fsp3) is 0.583. The third-order valence-electron chi connectivity index (χ3n) is 2.68. The molecule has 1 aliphatic heterocycles. The highest BCUT2D eigenvalue weighted by molar-refractivity contribution is 5.89. The Balaban J connectivity index is 2.24. The second-order valence-corrected chi connectivity index (χ2v) is 4.39. The van der Waals surface area contributed by atoms with Crippen molar-refractivity contribution in [2.24, 2.45) is 5.29 Å². The molecule has 116 valence electrons. The van der Waals surface area contributed by atoms with Crippen LogP contribution < -0.4 is 5.32 Å². The van der Waals surface area contributed by atoms with Crippen LogP contribution in [0.25, 0.3) is 0 Å². The Morgan fingerprint density at radius 3 is 3.00 bits per heavy atom. The number of amides is 2. The number of esters is 1. The number of carbonyl (C=O) groups excluding carboxylic acids is 2. The van der Waals surface area contributed by atoms with E-state index >= 15 is 0 Å². The lowest BCUT2D eigenvalue weighted by molar-refractivity contribution is -0.139. The summed E-state index contributed by atoms with van der Waals surface area (Å²) in [7, 11) is 1.88. The number of nitroso groups, excluding NO2 is 1. The number of halogens is 1. The minimum Gasteiger partial charge on any atom is -0.445 e. The van der Waals surface area contributed by atoms with Gasteiger partial charge >= 0.3 is 12.0 Å². The van der Waals surface area contributed by atoms with Crippen LogP contribution in [-0.4, -0.2) is 68.4 Å². The highest BCUT2D eigenvalue weighted by Gasteiger charge is 2.25. The van der Waals surface area contributed by atoms with Gasteiger partial charge in [-0.25, -0.2) is 14.0 Å². The zero-order chi connectivity index (χ0) is 15.7. The molecule has 1 rings (SSSR count). The number of rotatable bonds is 7. The van der Waals surface area contributed by atoms with E-state index in [-0.39, 0.29) is 13.2 Å². The first kappa shape index (κ1) is 16.9. The topological polar surface area (TPSA) is 91.3 Å². The number of ether oxygens (including phenoxy) is 1. The van der Waals surface area contributed by atoms with E-state index in [0.29, 0.717) is 17.1 Å². The van der Waals surface area contributed by atoms with Crippen LogP contribution in [0.2, 0.25) is 0 Å². The summed E-state index contributed by atoms with van der Waals surface area (Å²) in [5.41, 5.74) is 0.531. The Bertz CT molecular complexity index is 416. The fourth-order valence-electron chi connectivity index (χ4n) is 1.66. The van der Waals surface area contributed by atoms with Gasteiger partial charge in [-0.15, -0.1) is 4.91 Å². The van der Waals surface area contributed by atoms with Crippen LogP contribution in [0.5, 0.6) is 0 Å². The summed E-state index contributed by atoms with van der Waals surface area (Å²) < 4.78 is 17.0. The molecule has 0 radical (unpaired) electrons. The first-order valence-electron chi connectivity index (χ1n) is 6.41. The summed E-state index contributed by atoms with van der Waals surface area (Å²) >= 11 is 0. The predicted molar refractivity (Wildman–Crippen MR) is 72.7 cm³/mol. The van der Waals surface area contributed by atoms with E-state index in [1.807, 2.05) is 18.4 Å². The van der Waals surface area contributed by atoms with Crippen molar-refractivity contribution in [3.05, 3.63) is 23.0 Å². The lowest BCUT2D eigenvalue weighted by atomic mass is 10.1. The highest BCUT2D eigenvalue weighted by atomic mass is 19.1. The summed E-state index contributed by atoms with van der Waals surface area (Å²) in [6, 6.07) is -0.830. The average Bonchev–Trinajstić information content (AvgIpc) is 2.48. The Morgan fingerprint density at radius 2 is 2.38 bits per heavy atom. The Morgan fingerprint density at radius 1 is 1.62 bits per heavy atom. The third-order valence-corrected chi connectivity index (χ3v) is 2.68. The number of hydrogen-bond donors (Lipinski definition) is 1. The summed E-state index contributed by atoms with van der Waals surface area (Å²) in [4.78, 5) is 35.3. The van der Waals surface area contributed by atoms with E-state index in [2.05, 4.69) is 10.6 Å². The molecule has 0 aromatic carbocycles. The van der Waals surface area contributed by atoms with Crippen molar-refractivity contribution >= 4 is 12.0 Å². The summed E-state index contributed by atoms with van der Waals surface area (Å²) in [5, 5.41) is 5.10. The Kier molecular flexibility index (Phi) is 7.16. The van der Waals surface area contributed by atoms with Crippen molar-refractivity contribution in [2.45, 2.75) is 0 Å². The molecule has 21 heavy (non-hydrogen) atoms. The van der Waals surface area contributed by atoms with Crippen LogP contribution in [0.3, 0.4) is 0 Å². The van der Waals surface area contributed by atoms with Gasteiger partial charge in [0, 0.05) is 0 Å². The van der Waals surface area contributed by atoms with Crippen LogP contribution in [0.1, 0.15) is 0 Å². The number of hydrogen-bond acceptors (Lipinski definition) is 6. The van der Waals surface area contributed by atoms with Crippen LogP contribution >= 0.6 is 0 Å². The normalized spacial score (nSPS) is 14.7. The number of nitrogens with zero attached hydrogens (tertiary/aromatic N) is 3. The molecular weight excluding hydrogens is 283 g/mol. The van der Waals surface area contributed by atoms with Gasteiger partial charge in [0.2, 0.25) is 0 Å². The van der Waals surface area contributed by atoms with Crippen molar-refractivity contribution in [2.75, 3.05) is 46.5 Å². The Labute approximate surface area is 121 Å². The van der Waals surface area contributed by atoms with Gasteiger partial charge in [-0.05, 0) is 7.05 Å². The first-order chi connectivity index (χ1) is 10.1. The monoisotopic (exact) mass is 301 g/mol. The van der Waals surface area contributed by atoms with Crippen molar-refractivity contribution < 1.29 is 18.7 Å². The molecule has 0 spiro atoms. The maximum absolute atomic E-state index is 12.0. The standard InChI is InChI=1S/C12H17FN4O4/c1-16-6-2-3-10(9-16)11(18)21-8-5-14-12(19)17(15-20)7-4-13/h2-3H,4-9H2,1H3/p+1. The minimum atomic E-state index is -0.869. The van der Waals surface area contributed by atoms with Crippen molar-refractivity contribution in [3.8, 4) is 0 Å². The molecule has 1 heterocycles. The van der Waals surface area contributed by atoms with Crippen LogP contribution in [0, 0.1) is 11.3 Å². The van der Waals surface area contributed by atoms with Crippen LogP contribution in [0.4, 0.5) is 9.18 Å². The van der Waals surface area contributed by atoms with Crippen molar-refractivity contribution in [3.63, 3.8) is 0 Å². The molecule has 0 aliphatic carbocycles. The lowest BCUT2D eigenvalue weighted by Crippen LogP contribution is -2.39. The molecule has 0 bridgehead atoms. The van der Waals surface area contributed by atoms with Gasteiger partial charge in [-0.3, -0.25) is 4.90 Å². The maximum Gasteiger partial charge on any atom is 0.420 e. The summed E-state index contributed by atoms with van der Waals surface area (Å²) in [5.74, 6) is -0.457. The number of alkyl halides is 1. The third kappa shape index (κ3) is 5.78. The molecule has 0 atom stereocenters. The van der Waals surface area contributed by atoms with Gasteiger partial charge in [-0.2, -0.15) is 5.01 Å². The number of carbonyl (C=O) groups is 2. The molecule has 8 nitrogen and oxygen atoms in total. The molecule has 1 aliphatic rings. The zero-order valence-corrected chi connectivity index (χ0v) is 11.7. The second-order valence-electron chi connectivity index (χ2n) is 4.39. The number of nitrogens with one attached hydrogen (secondary N) is 1. The molecule has 0 fully saturated rings. The molecule has 2 amide bonds. The van der Waals surface area contributed by atoms with E-state index in [0.717, 1.165) is 6.54 Å². The zero-order valence-electron chi connectivity index (χ0n) is 11.7. The molecule has 0 aromatic rings. The lowest BCUT2D eigenvalue weighted by Gasteiger charge is -2.15. The maximum atomic E-state index is 12.0. The first-order valence-corrected chi connectivity index (χ1v) is 6.41. The number of urea groups is 1.